The maximum absolute atomic E-state index is 2.66. The van der Waals surface area contributed by atoms with Gasteiger partial charge >= 0.3 is 0 Å². The van der Waals surface area contributed by atoms with Crippen molar-refractivity contribution in [2.24, 2.45) is 35.5 Å². The van der Waals surface area contributed by atoms with Gasteiger partial charge in [-0.1, -0.05) is 153 Å². The maximum atomic E-state index is 2.66. The standard InChI is InChI=1S/C11H19N.C11H21N.C11H15N.2C11H13N.C11H21N.C11H15N.C11H13N/c1-7-5-10-8-3-4-9(6-8)11(10)12(7)2;3*1-9-7-10-5-3-4-6-11(10)8-12(9)2;1-9-11-6-4-3-5-10(11)7-8-12(9)2;3*1-9-7-8-10-5-3-4-6-11(10)12(9)2/h7-11H,3-6H2,1-2H3;9-11H,3-8H2,1-2H3;3-6,9H,7-8H2,1-2H3;3-7H,8H2,1-2H3;3-9H,1-2H3;9-11H,3-8H2,1-2H3;3-6,9H,7-8H2,1-2H3;3-9H,1-2H3. The smallest absolute Gasteiger partial charge is 0.0511 e. The second-order valence-corrected chi connectivity index (χ2v) is 32.0. The van der Waals surface area contributed by atoms with Crippen LogP contribution < -0.4 is 9.80 Å². The molecular weight excluding hydrogens is 1170 g/mol. The number of benzene rings is 5. The molecule has 4 saturated carbocycles. The van der Waals surface area contributed by atoms with Crippen LogP contribution in [0.2, 0.25) is 0 Å². The zero-order valence-electron chi connectivity index (χ0n) is 63.0. The summed E-state index contributed by atoms with van der Waals surface area (Å²) < 4.78 is 0. The Kier molecular flexibility index (Phi) is 26.2. The number of para-hydroxylation sites is 2. The lowest BCUT2D eigenvalue weighted by atomic mass is 9.73. The van der Waals surface area contributed by atoms with Crippen molar-refractivity contribution in [2.45, 2.75) is 238 Å². The Balaban J connectivity index is 0.000000119. The Hall–Kier alpha value is -5.64. The number of piperidine rings is 2. The molecule has 4 aliphatic carbocycles. The van der Waals surface area contributed by atoms with Crippen LogP contribution in [0, 0.1) is 35.5 Å². The Morgan fingerprint density at radius 1 is 0.406 bits per heavy atom. The van der Waals surface area contributed by atoms with Gasteiger partial charge in [0.1, 0.15) is 0 Å². The third-order valence-corrected chi connectivity index (χ3v) is 26.0. The van der Waals surface area contributed by atoms with Crippen molar-refractivity contribution in [1.29, 1.82) is 0 Å². The van der Waals surface area contributed by atoms with Crippen LogP contribution in [0.15, 0.2) is 139 Å². The lowest BCUT2D eigenvalue weighted by Gasteiger charge is -2.45. The van der Waals surface area contributed by atoms with E-state index in [0.717, 1.165) is 78.8 Å². The quantitative estimate of drug-likeness (QED) is 0.151. The van der Waals surface area contributed by atoms with E-state index in [2.05, 4.69) is 303 Å². The normalized spacial score (nSPS) is 31.1. The molecule has 15 atom stereocenters. The first-order chi connectivity index (χ1) is 46.2. The molecule has 12 aliphatic rings. The lowest BCUT2D eigenvalue weighted by molar-refractivity contribution is 0.0447. The Bertz CT molecular complexity index is 3190. The molecule has 2 bridgehead atoms. The van der Waals surface area contributed by atoms with Crippen molar-refractivity contribution in [3.05, 3.63) is 184 Å². The van der Waals surface area contributed by atoms with Gasteiger partial charge in [0.2, 0.25) is 0 Å². The van der Waals surface area contributed by atoms with Crippen LogP contribution in [-0.2, 0) is 25.9 Å². The summed E-state index contributed by atoms with van der Waals surface area (Å²) in [6.07, 6.45) is 37.1. The van der Waals surface area contributed by atoms with Gasteiger partial charge < -0.3 is 34.3 Å². The molecule has 8 aliphatic heterocycles. The number of allylic oxidation sites excluding steroid dienone is 1. The number of aryl methyl sites for hydroxylation is 1. The van der Waals surface area contributed by atoms with Gasteiger partial charge in [0, 0.05) is 113 Å². The zero-order chi connectivity index (χ0) is 68.2. The first-order valence-electron chi connectivity index (χ1n) is 38.4. The molecule has 15 unspecified atom stereocenters. The lowest BCUT2D eigenvalue weighted by Crippen LogP contribution is -2.48. The van der Waals surface area contributed by atoms with Crippen LogP contribution in [0.5, 0.6) is 0 Å². The van der Waals surface area contributed by atoms with E-state index < -0.39 is 0 Å². The molecule has 5 aromatic carbocycles. The van der Waals surface area contributed by atoms with Crippen LogP contribution >= 0.6 is 0 Å². The molecule has 3 saturated heterocycles. The summed E-state index contributed by atoms with van der Waals surface area (Å²) in [5.41, 5.74) is 15.5. The van der Waals surface area contributed by atoms with Crippen molar-refractivity contribution < 1.29 is 0 Å². The van der Waals surface area contributed by atoms with Crippen molar-refractivity contribution in [2.75, 3.05) is 72.7 Å². The van der Waals surface area contributed by atoms with Crippen LogP contribution in [0.3, 0.4) is 0 Å². The molecule has 0 spiro atoms. The minimum absolute atomic E-state index is 0.506. The Labute approximate surface area is 586 Å². The van der Waals surface area contributed by atoms with Crippen molar-refractivity contribution in [3.8, 4) is 0 Å². The molecule has 5 aromatic rings. The first-order valence-corrected chi connectivity index (χ1v) is 38.4. The summed E-state index contributed by atoms with van der Waals surface area (Å²) in [4.78, 5) is 19.4. The van der Waals surface area contributed by atoms with E-state index in [0.29, 0.717) is 24.2 Å². The van der Waals surface area contributed by atoms with Gasteiger partial charge in [-0.3, -0.25) is 4.90 Å². The predicted octanol–water partition coefficient (Wildman–Crippen LogP) is 19.5. The molecule has 8 nitrogen and oxygen atoms in total. The van der Waals surface area contributed by atoms with Crippen LogP contribution in [0.4, 0.5) is 11.4 Å². The highest BCUT2D eigenvalue weighted by Crippen LogP contribution is 2.55. The first kappa shape index (κ1) is 73.1. The highest BCUT2D eigenvalue weighted by Gasteiger charge is 2.53. The number of hydrogen-bond acceptors (Lipinski definition) is 8. The molecule has 17 rings (SSSR count). The summed E-state index contributed by atoms with van der Waals surface area (Å²) in [5.74, 6) is 6.44. The van der Waals surface area contributed by atoms with E-state index in [1.165, 1.54) is 171 Å². The molecule has 0 aromatic heterocycles. The van der Waals surface area contributed by atoms with Gasteiger partial charge in [0.15, 0.2) is 0 Å². The summed E-state index contributed by atoms with van der Waals surface area (Å²) >= 11 is 0. The second kappa shape index (κ2) is 34.4. The fraction of sp³-hybridized carbons (Fsp3) is 0.591. The molecule has 0 amide bonds. The van der Waals surface area contributed by atoms with E-state index in [-0.39, 0.29) is 0 Å². The minimum atomic E-state index is 0.506. The molecule has 8 heterocycles. The van der Waals surface area contributed by atoms with Crippen LogP contribution in [0.25, 0.3) is 18.2 Å². The SMILES string of the molecule is CC1=Cc2ccccc2CN1C.CC1C=Cc2ccccc2N1C.CC1CC2C3CCC(C3)C2N1C.CC1CC2CCCCC2CN1C.CC1CCC2CCCCC2N1C.CC1CCc2ccccc2N1C.CC1Cc2ccccc2CN1C.CC1c2ccccc2C=CN1C. The number of likely N-dealkylation sites (tertiary alicyclic amines) is 3. The fourth-order valence-electron chi connectivity index (χ4n) is 18.6. The molecule has 0 N–H and O–H groups in total. The number of fused-ring (bicyclic) bond motifs is 12. The van der Waals surface area contributed by atoms with Crippen molar-refractivity contribution in [3.63, 3.8) is 0 Å². The largest absolute Gasteiger partial charge is 0.374 e. The van der Waals surface area contributed by atoms with Crippen LogP contribution in [0.1, 0.15) is 209 Å². The number of anilines is 2. The number of likely N-dealkylation sites (N-methyl/N-ethyl adjacent to an activating group) is 2. The van der Waals surface area contributed by atoms with Gasteiger partial charge in [-0.25, -0.2) is 0 Å². The van der Waals surface area contributed by atoms with Crippen LogP contribution in [-0.4, -0.2) is 141 Å². The molecule has 96 heavy (non-hydrogen) atoms. The summed E-state index contributed by atoms with van der Waals surface area (Å²) in [5, 5.41) is 0. The number of rotatable bonds is 0. The Morgan fingerprint density at radius 2 is 1.01 bits per heavy atom. The van der Waals surface area contributed by atoms with Crippen molar-refractivity contribution >= 4 is 29.6 Å². The van der Waals surface area contributed by atoms with Gasteiger partial charge in [-0.15, -0.1) is 0 Å². The minimum Gasteiger partial charge on any atom is -0.374 e. The summed E-state index contributed by atoms with van der Waals surface area (Å²) in [7, 11) is 17.7. The average Bonchev–Trinajstić information content (AvgIpc) is 1.65. The summed E-state index contributed by atoms with van der Waals surface area (Å²) in [6.45, 7) is 21.8. The van der Waals surface area contributed by atoms with E-state index in [9.17, 15) is 0 Å². The van der Waals surface area contributed by atoms with Crippen molar-refractivity contribution in [1.82, 2.24) is 29.4 Å². The molecular formula is C88H130N8. The molecule has 8 heteroatoms. The fourth-order valence-corrected chi connectivity index (χ4v) is 18.6. The topological polar surface area (TPSA) is 25.9 Å². The third-order valence-electron chi connectivity index (χ3n) is 26.0. The number of hydrogen-bond donors (Lipinski definition) is 0. The maximum Gasteiger partial charge on any atom is 0.0511 e. The molecule has 7 fully saturated rings. The van der Waals surface area contributed by atoms with E-state index in [1.54, 1.807) is 12.8 Å². The Morgan fingerprint density at radius 3 is 1.75 bits per heavy atom. The molecule has 0 radical (unpaired) electrons. The van der Waals surface area contributed by atoms with E-state index in [1.807, 2.05) is 0 Å². The predicted molar refractivity (Wildman–Crippen MR) is 415 cm³/mol. The van der Waals surface area contributed by atoms with Gasteiger partial charge in [0.05, 0.1) is 6.04 Å². The second-order valence-electron chi connectivity index (χ2n) is 32.0. The van der Waals surface area contributed by atoms with E-state index in [4.69, 9.17) is 0 Å². The van der Waals surface area contributed by atoms with E-state index >= 15 is 0 Å². The van der Waals surface area contributed by atoms with Gasteiger partial charge in [0.25, 0.3) is 0 Å². The highest BCUT2D eigenvalue weighted by molar-refractivity contribution is 5.71. The third kappa shape index (κ3) is 18.2. The zero-order valence-corrected chi connectivity index (χ0v) is 63.0. The van der Waals surface area contributed by atoms with Gasteiger partial charge in [-0.05, 0) is 278 Å². The highest BCUT2D eigenvalue weighted by atomic mass is 15.2. The average molecular weight is 1300 g/mol. The summed E-state index contributed by atoms with van der Waals surface area (Å²) in [6, 6.07) is 49.9. The van der Waals surface area contributed by atoms with Gasteiger partial charge in [-0.2, -0.15) is 0 Å². The number of nitrogens with zero attached hydrogens (tertiary/aromatic N) is 8. The monoisotopic (exact) mass is 1300 g/mol. The molecule has 522 valence electrons.